The third-order valence-electron chi connectivity index (χ3n) is 4.83. The molecular formula is C18H23NO4. The Labute approximate surface area is 136 Å². The Bertz CT molecular complexity index is 622. The van der Waals surface area contributed by atoms with Crippen molar-refractivity contribution in [3.05, 3.63) is 35.9 Å². The molecule has 3 rings (SSSR count). The lowest BCUT2D eigenvalue weighted by atomic mass is 9.80. The van der Waals surface area contributed by atoms with Crippen molar-refractivity contribution in [2.45, 2.75) is 44.9 Å². The van der Waals surface area contributed by atoms with Crippen molar-refractivity contribution in [2.75, 3.05) is 13.7 Å². The second-order valence-electron chi connectivity index (χ2n) is 7.38. The van der Waals surface area contributed by atoms with E-state index in [1.54, 1.807) is 4.90 Å². The molecule has 0 N–H and O–H groups in total. The van der Waals surface area contributed by atoms with E-state index in [-0.39, 0.29) is 23.8 Å². The maximum atomic E-state index is 12.8. The zero-order chi connectivity index (χ0) is 16.8. The molecule has 2 saturated heterocycles. The summed E-state index contributed by atoms with van der Waals surface area (Å²) < 4.78 is 11.0. The van der Waals surface area contributed by atoms with Gasteiger partial charge in [0.1, 0.15) is 6.23 Å². The van der Waals surface area contributed by atoms with Crippen LogP contribution in [0, 0.1) is 5.41 Å². The molecule has 5 heteroatoms. The highest BCUT2D eigenvalue weighted by Crippen LogP contribution is 2.51. The lowest BCUT2D eigenvalue weighted by Gasteiger charge is -2.38. The van der Waals surface area contributed by atoms with Gasteiger partial charge in [0.05, 0.1) is 13.7 Å². The molecule has 0 bridgehead atoms. The minimum Gasteiger partial charge on any atom is -0.467 e. The average Bonchev–Trinajstić information content (AvgIpc) is 3.05. The Balaban J connectivity index is 2.11. The van der Waals surface area contributed by atoms with Crippen LogP contribution in [0.4, 0.5) is 0 Å². The molecule has 124 valence electrons. The summed E-state index contributed by atoms with van der Waals surface area (Å²) in [4.78, 5) is 27.1. The first-order valence-corrected chi connectivity index (χ1v) is 7.89. The van der Waals surface area contributed by atoms with E-state index in [4.69, 9.17) is 9.47 Å². The van der Waals surface area contributed by atoms with E-state index in [9.17, 15) is 9.59 Å². The van der Waals surface area contributed by atoms with Crippen molar-refractivity contribution in [1.82, 2.24) is 4.90 Å². The van der Waals surface area contributed by atoms with Gasteiger partial charge in [-0.2, -0.15) is 0 Å². The number of amides is 1. The van der Waals surface area contributed by atoms with E-state index in [0.29, 0.717) is 6.42 Å². The number of ether oxygens (including phenoxy) is 2. The molecule has 5 nitrogen and oxygen atoms in total. The zero-order valence-electron chi connectivity index (χ0n) is 14.0. The largest absolute Gasteiger partial charge is 0.467 e. The number of hydrogen-bond donors (Lipinski definition) is 0. The summed E-state index contributed by atoms with van der Waals surface area (Å²) in [7, 11) is 1.37. The number of benzene rings is 1. The lowest BCUT2D eigenvalue weighted by molar-refractivity contribution is -0.158. The van der Waals surface area contributed by atoms with Gasteiger partial charge in [0.15, 0.2) is 5.54 Å². The number of fused-ring (bicyclic) bond motifs is 1. The second kappa shape index (κ2) is 5.34. The predicted molar refractivity (Wildman–Crippen MR) is 84.6 cm³/mol. The van der Waals surface area contributed by atoms with Gasteiger partial charge in [-0.15, -0.1) is 0 Å². The van der Waals surface area contributed by atoms with E-state index < -0.39 is 17.7 Å². The number of carbonyl (C=O) groups is 2. The number of nitrogens with zero attached hydrogens (tertiary/aromatic N) is 1. The average molecular weight is 317 g/mol. The molecule has 0 radical (unpaired) electrons. The van der Waals surface area contributed by atoms with Gasteiger partial charge < -0.3 is 9.47 Å². The van der Waals surface area contributed by atoms with Crippen LogP contribution in [0.5, 0.6) is 0 Å². The zero-order valence-corrected chi connectivity index (χ0v) is 14.0. The Morgan fingerprint density at radius 2 is 1.96 bits per heavy atom. The third-order valence-corrected chi connectivity index (χ3v) is 4.83. The molecule has 0 spiro atoms. The summed E-state index contributed by atoms with van der Waals surface area (Å²) in [5.41, 5.74) is -0.380. The van der Waals surface area contributed by atoms with Crippen molar-refractivity contribution in [3.8, 4) is 0 Å². The molecule has 0 unspecified atom stereocenters. The summed E-state index contributed by atoms with van der Waals surface area (Å²) in [6.07, 6.45) is -0.127. The van der Waals surface area contributed by atoms with E-state index in [1.165, 1.54) is 7.11 Å². The summed E-state index contributed by atoms with van der Waals surface area (Å²) in [5, 5.41) is 0. The van der Waals surface area contributed by atoms with Crippen molar-refractivity contribution < 1.29 is 19.1 Å². The highest BCUT2D eigenvalue weighted by molar-refractivity contribution is 5.95. The van der Waals surface area contributed by atoms with Crippen LogP contribution >= 0.6 is 0 Å². The summed E-state index contributed by atoms with van der Waals surface area (Å²) in [6.45, 7) is 6.20. The van der Waals surface area contributed by atoms with Crippen LogP contribution in [-0.4, -0.2) is 42.3 Å². The number of methoxy groups -OCH3 is 1. The van der Waals surface area contributed by atoms with Gasteiger partial charge >= 0.3 is 5.97 Å². The minimum atomic E-state index is -1.06. The number of hydrogen-bond acceptors (Lipinski definition) is 4. The standard InChI is InChI=1S/C18H23NO4/c1-17(2,3)15-19-14(20)10-13(12-8-6-5-7-9-12)18(19,11-23-15)16(21)22-4/h5-9,13,15H,10-11H2,1-4H3/t13-,15-,18-/m1/s1. The van der Waals surface area contributed by atoms with E-state index in [0.717, 1.165) is 5.56 Å². The molecule has 2 heterocycles. The van der Waals surface area contributed by atoms with Crippen molar-refractivity contribution >= 4 is 11.9 Å². The smallest absolute Gasteiger partial charge is 0.334 e. The highest BCUT2D eigenvalue weighted by atomic mass is 16.6. The van der Waals surface area contributed by atoms with Crippen molar-refractivity contribution in [1.29, 1.82) is 0 Å². The SMILES string of the molecule is COC(=O)[C@]12CO[C@H](C(C)(C)C)N1C(=O)C[C@@H]2c1ccccc1. The van der Waals surface area contributed by atoms with E-state index in [1.807, 2.05) is 51.1 Å². The summed E-state index contributed by atoms with van der Waals surface area (Å²) in [5.74, 6) is -0.707. The van der Waals surface area contributed by atoms with Gasteiger partial charge in [0.25, 0.3) is 0 Å². The lowest BCUT2D eigenvalue weighted by Crippen LogP contribution is -2.56. The fourth-order valence-electron chi connectivity index (χ4n) is 3.82. The number of esters is 1. The molecule has 0 aromatic heterocycles. The molecule has 23 heavy (non-hydrogen) atoms. The second-order valence-corrected chi connectivity index (χ2v) is 7.38. The van der Waals surface area contributed by atoms with Gasteiger partial charge in [0, 0.05) is 17.8 Å². The predicted octanol–water partition coefficient (Wildman–Crippen LogP) is 2.32. The van der Waals surface area contributed by atoms with Crippen LogP contribution in [0.25, 0.3) is 0 Å². The maximum absolute atomic E-state index is 12.8. The quantitative estimate of drug-likeness (QED) is 0.786. The highest BCUT2D eigenvalue weighted by Gasteiger charge is 2.66. The van der Waals surface area contributed by atoms with Crippen LogP contribution in [0.1, 0.15) is 38.7 Å². The molecular weight excluding hydrogens is 294 g/mol. The minimum absolute atomic E-state index is 0.0540. The maximum Gasteiger partial charge on any atom is 0.334 e. The van der Waals surface area contributed by atoms with Gasteiger partial charge in [-0.1, -0.05) is 51.1 Å². The normalized spacial score (nSPS) is 30.4. The van der Waals surface area contributed by atoms with Gasteiger partial charge in [-0.3, -0.25) is 9.69 Å². The molecule has 3 atom stereocenters. The fraction of sp³-hybridized carbons (Fsp3) is 0.556. The fourth-order valence-corrected chi connectivity index (χ4v) is 3.82. The Morgan fingerprint density at radius 3 is 2.52 bits per heavy atom. The first-order valence-electron chi connectivity index (χ1n) is 7.89. The van der Waals surface area contributed by atoms with Crippen LogP contribution in [-0.2, 0) is 19.1 Å². The van der Waals surface area contributed by atoms with E-state index in [2.05, 4.69) is 0 Å². The molecule has 1 aromatic carbocycles. The summed E-state index contributed by atoms with van der Waals surface area (Å²) >= 11 is 0. The van der Waals surface area contributed by atoms with Crippen LogP contribution in [0.3, 0.4) is 0 Å². The molecule has 2 aliphatic rings. The Hall–Kier alpha value is -1.88. The van der Waals surface area contributed by atoms with Crippen molar-refractivity contribution in [3.63, 3.8) is 0 Å². The first kappa shape index (κ1) is 16.0. The monoisotopic (exact) mass is 317 g/mol. The summed E-state index contributed by atoms with van der Waals surface area (Å²) in [6, 6.07) is 9.67. The van der Waals surface area contributed by atoms with Crippen LogP contribution < -0.4 is 0 Å². The topological polar surface area (TPSA) is 55.8 Å². The first-order chi connectivity index (χ1) is 10.8. The molecule has 0 aliphatic carbocycles. The molecule has 1 amide bonds. The van der Waals surface area contributed by atoms with E-state index >= 15 is 0 Å². The van der Waals surface area contributed by atoms with Gasteiger partial charge in [-0.05, 0) is 5.56 Å². The third kappa shape index (κ3) is 2.26. The Kier molecular flexibility index (Phi) is 3.71. The Morgan fingerprint density at radius 1 is 1.30 bits per heavy atom. The van der Waals surface area contributed by atoms with Crippen LogP contribution in [0.15, 0.2) is 30.3 Å². The molecule has 2 aliphatic heterocycles. The molecule has 1 aromatic rings. The molecule has 2 fully saturated rings. The number of carbonyl (C=O) groups excluding carboxylic acids is 2. The molecule has 0 saturated carbocycles. The van der Waals surface area contributed by atoms with Gasteiger partial charge in [-0.25, -0.2) is 4.79 Å². The van der Waals surface area contributed by atoms with Crippen molar-refractivity contribution in [2.24, 2.45) is 5.41 Å². The number of rotatable bonds is 2. The van der Waals surface area contributed by atoms with Gasteiger partial charge in [0.2, 0.25) is 5.91 Å². The van der Waals surface area contributed by atoms with Crippen LogP contribution in [0.2, 0.25) is 0 Å².